The molecule has 0 saturated heterocycles. The molecule has 1 aliphatic carbocycles. The van der Waals surface area contributed by atoms with E-state index in [0.717, 1.165) is 25.0 Å². The van der Waals surface area contributed by atoms with Gasteiger partial charge in [-0.15, -0.1) is 13.2 Å². The van der Waals surface area contributed by atoms with Crippen LogP contribution in [-0.2, 0) is 10.0 Å². The highest BCUT2D eigenvalue weighted by molar-refractivity contribution is 7.89. The number of hydrogen-bond acceptors (Lipinski definition) is 4. The second kappa shape index (κ2) is 6.43. The number of hydrogen-bond donors (Lipinski definition) is 2. The highest BCUT2D eigenvalue weighted by Gasteiger charge is 2.35. The molecule has 0 bridgehead atoms. The first kappa shape index (κ1) is 17.0. The highest BCUT2D eigenvalue weighted by atomic mass is 32.2. The van der Waals surface area contributed by atoms with Gasteiger partial charge in [-0.05, 0) is 37.4 Å². The monoisotopic (exact) mass is 338 g/mol. The van der Waals surface area contributed by atoms with Gasteiger partial charge in [0.1, 0.15) is 10.6 Å². The van der Waals surface area contributed by atoms with Gasteiger partial charge in [-0.2, -0.15) is 0 Å². The summed E-state index contributed by atoms with van der Waals surface area (Å²) in [6.45, 7) is 0.327. The minimum absolute atomic E-state index is 0.00882. The Morgan fingerprint density at radius 1 is 1.27 bits per heavy atom. The maximum Gasteiger partial charge on any atom is 0.573 e. The molecule has 1 aliphatic rings. The molecule has 0 radical (unpaired) electrons. The molecular formula is C13H17F3N2O3S. The minimum atomic E-state index is -4.96. The van der Waals surface area contributed by atoms with Crippen molar-refractivity contribution in [2.24, 2.45) is 11.7 Å². The molecule has 1 aromatic carbocycles. The van der Waals surface area contributed by atoms with Crippen molar-refractivity contribution in [2.75, 3.05) is 6.54 Å². The van der Waals surface area contributed by atoms with Crippen LogP contribution in [0.15, 0.2) is 29.2 Å². The van der Waals surface area contributed by atoms with Gasteiger partial charge < -0.3 is 10.5 Å². The molecule has 5 nitrogen and oxygen atoms in total. The Morgan fingerprint density at radius 3 is 2.59 bits per heavy atom. The smallest absolute Gasteiger partial charge is 0.404 e. The van der Waals surface area contributed by atoms with E-state index < -0.39 is 27.0 Å². The number of halogens is 3. The third-order valence-electron chi connectivity index (χ3n) is 3.63. The van der Waals surface area contributed by atoms with E-state index in [2.05, 4.69) is 9.46 Å². The lowest BCUT2D eigenvalue weighted by Crippen LogP contribution is -2.40. The molecule has 0 aliphatic heterocycles. The number of nitrogens with two attached hydrogens (primary N) is 1. The quantitative estimate of drug-likeness (QED) is 0.860. The maximum absolute atomic E-state index is 12.4. The van der Waals surface area contributed by atoms with Crippen molar-refractivity contribution in [3.05, 3.63) is 24.3 Å². The number of rotatable bonds is 5. The SMILES string of the molecule is NC[C@H]1CCC[C@@H]1NS(=O)(=O)c1ccccc1OC(F)(F)F. The molecule has 0 amide bonds. The Balaban J connectivity index is 2.26. The van der Waals surface area contributed by atoms with Crippen LogP contribution in [0.5, 0.6) is 5.75 Å². The van der Waals surface area contributed by atoms with Gasteiger partial charge in [0.15, 0.2) is 0 Å². The van der Waals surface area contributed by atoms with E-state index in [9.17, 15) is 21.6 Å². The lowest BCUT2D eigenvalue weighted by atomic mass is 10.1. The molecule has 0 aromatic heterocycles. The van der Waals surface area contributed by atoms with Crippen LogP contribution < -0.4 is 15.2 Å². The van der Waals surface area contributed by atoms with E-state index in [4.69, 9.17) is 5.73 Å². The number of ether oxygens (including phenoxy) is 1. The Labute approximate surface area is 126 Å². The van der Waals surface area contributed by atoms with E-state index in [0.29, 0.717) is 13.0 Å². The number of alkyl halides is 3. The second-order valence-corrected chi connectivity index (χ2v) is 6.83. The lowest BCUT2D eigenvalue weighted by molar-refractivity contribution is -0.275. The van der Waals surface area contributed by atoms with Crippen molar-refractivity contribution in [2.45, 2.75) is 36.6 Å². The molecule has 2 rings (SSSR count). The molecular weight excluding hydrogens is 321 g/mol. The van der Waals surface area contributed by atoms with Crippen LogP contribution in [0, 0.1) is 5.92 Å². The number of benzene rings is 1. The molecule has 2 atom stereocenters. The summed E-state index contributed by atoms with van der Waals surface area (Å²) in [6.07, 6.45) is -2.72. The van der Waals surface area contributed by atoms with Crippen LogP contribution >= 0.6 is 0 Å². The van der Waals surface area contributed by atoms with Crippen molar-refractivity contribution in [3.8, 4) is 5.75 Å². The van der Waals surface area contributed by atoms with Crippen LogP contribution in [0.25, 0.3) is 0 Å². The van der Waals surface area contributed by atoms with Crippen molar-refractivity contribution < 1.29 is 26.3 Å². The summed E-state index contributed by atoms with van der Waals surface area (Å²) < 4.78 is 68.1. The highest BCUT2D eigenvalue weighted by Crippen LogP contribution is 2.31. The molecule has 0 unspecified atom stereocenters. The van der Waals surface area contributed by atoms with Crippen LogP contribution in [0.1, 0.15) is 19.3 Å². The van der Waals surface area contributed by atoms with E-state index in [-0.39, 0.29) is 12.0 Å². The van der Waals surface area contributed by atoms with Crippen LogP contribution in [0.4, 0.5) is 13.2 Å². The summed E-state index contributed by atoms with van der Waals surface area (Å²) in [6, 6.07) is 4.30. The molecule has 124 valence electrons. The maximum atomic E-state index is 12.4. The Bertz CT molecular complexity index is 619. The zero-order valence-corrected chi connectivity index (χ0v) is 12.5. The average molecular weight is 338 g/mol. The first-order chi connectivity index (χ1) is 10.2. The summed E-state index contributed by atoms with van der Waals surface area (Å²) in [5, 5.41) is 0. The summed E-state index contributed by atoms with van der Waals surface area (Å²) >= 11 is 0. The molecule has 0 spiro atoms. The van der Waals surface area contributed by atoms with Crippen LogP contribution in [0.3, 0.4) is 0 Å². The number of para-hydroxylation sites is 1. The van der Waals surface area contributed by atoms with Crippen molar-refractivity contribution in [1.29, 1.82) is 0 Å². The lowest BCUT2D eigenvalue weighted by Gasteiger charge is -2.20. The van der Waals surface area contributed by atoms with E-state index >= 15 is 0 Å². The fraction of sp³-hybridized carbons (Fsp3) is 0.538. The van der Waals surface area contributed by atoms with Crippen molar-refractivity contribution in [1.82, 2.24) is 4.72 Å². The van der Waals surface area contributed by atoms with Gasteiger partial charge in [-0.1, -0.05) is 18.6 Å². The molecule has 1 aromatic rings. The first-order valence-corrected chi connectivity index (χ1v) is 8.28. The predicted octanol–water partition coefficient (Wildman–Crippen LogP) is 1.99. The van der Waals surface area contributed by atoms with Crippen molar-refractivity contribution in [3.63, 3.8) is 0 Å². The normalized spacial score (nSPS) is 22.7. The zero-order chi connectivity index (χ0) is 16.4. The summed E-state index contributed by atoms with van der Waals surface area (Å²) in [5.74, 6) is -0.754. The standard InChI is InChI=1S/C13H17F3N2O3S/c14-13(15,16)21-11-6-1-2-7-12(11)22(19,20)18-10-5-3-4-9(10)8-17/h1-2,6-7,9-10,18H,3-5,8,17H2/t9-,10+/m1/s1. The Kier molecular flexibility index (Phi) is 4.98. The summed E-state index contributed by atoms with van der Waals surface area (Å²) in [5.41, 5.74) is 5.59. The second-order valence-electron chi connectivity index (χ2n) is 5.15. The third-order valence-corrected chi connectivity index (χ3v) is 5.16. The van der Waals surface area contributed by atoms with Gasteiger partial charge in [-0.25, -0.2) is 13.1 Å². The average Bonchev–Trinajstić information content (AvgIpc) is 2.83. The topological polar surface area (TPSA) is 81.4 Å². The van der Waals surface area contributed by atoms with Gasteiger partial charge in [0.05, 0.1) is 0 Å². The molecule has 22 heavy (non-hydrogen) atoms. The molecule has 3 N–H and O–H groups in total. The van der Waals surface area contributed by atoms with Gasteiger partial charge in [0.25, 0.3) is 0 Å². The zero-order valence-electron chi connectivity index (χ0n) is 11.6. The summed E-state index contributed by atoms with van der Waals surface area (Å²) in [4.78, 5) is -0.532. The van der Waals surface area contributed by atoms with E-state index in [1.165, 1.54) is 12.1 Å². The third kappa shape index (κ3) is 4.11. The van der Waals surface area contributed by atoms with Gasteiger partial charge in [-0.3, -0.25) is 0 Å². The largest absolute Gasteiger partial charge is 0.573 e. The molecule has 0 heterocycles. The van der Waals surface area contributed by atoms with Crippen LogP contribution in [-0.4, -0.2) is 27.4 Å². The van der Waals surface area contributed by atoms with Gasteiger partial charge in [0.2, 0.25) is 10.0 Å². The first-order valence-electron chi connectivity index (χ1n) is 6.80. The van der Waals surface area contributed by atoms with E-state index in [1.54, 1.807) is 0 Å². The predicted molar refractivity (Wildman–Crippen MR) is 73.6 cm³/mol. The number of nitrogens with one attached hydrogen (secondary N) is 1. The summed E-state index contributed by atoms with van der Waals surface area (Å²) in [7, 11) is -4.12. The Morgan fingerprint density at radius 2 is 1.95 bits per heavy atom. The fourth-order valence-corrected chi connectivity index (χ4v) is 4.09. The van der Waals surface area contributed by atoms with Crippen LogP contribution in [0.2, 0.25) is 0 Å². The van der Waals surface area contributed by atoms with Gasteiger partial charge >= 0.3 is 6.36 Å². The molecule has 9 heteroatoms. The molecule has 1 saturated carbocycles. The Hall–Kier alpha value is -1.32. The minimum Gasteiger partial charge on any atom is -0.404 e. The van der Waals surface area contributed by atoms with Gasteiger partial charge in [0, 0.05) is 6.04 Å². The fourth-order valence-electron chi connectivity index (χ4n) is 2.62. The molecule has 1 fully saturated rings. The van der Waals surface area contributed by atoms with Crippen molar-refractivity contribution >= 4 is 10.0 Å². The number of sulfonamides is 1. The van der Waals surface area contributed by atoms with E-state index in [1.807, 2.05) is 0 Å².